The van der Waals surface area contributed by atoms with Crippen LogP contribution >= 0.6 is 11.8 Å². The van der Waals surface area contributed by atoms with Crippen LogP contribution in [0, 0.1) is 13.8 Å². The molecule has 0 N–H and O–H groups in total. The predicted octanol–water partition coefficient (Wildman–Crippen LogP) is 4.64. The number of aliphatic imine (C=N–C) groups is 1. The molecule has 2 aromatic rings. The number of aryl methyl sites for hydroxylation is 2. The minimum atomic E-state index is 0.994. The van der Waals surface area contributed by atoms with Crippen LogP contribution in [-0.2, 0) is 0 Å². The maximum atomic E-state index is 4.86. The summed E-state index contributed by atoms with van der Waals surface area (Å²) in [5.74, 6) is 0. The van der Waals surface area contributed by atoms with Gasteiger partial charge in [-0.1, -0.05) is 48.2 Å². The number of hydrogen-bond acceptors (Lipinski definition) is 2. The van der Waals surface area contributed by atoms with Crippen molar-refractivity contribution < 1.29 is 0 Å². The molecule has 0 heterocycles. The molecule has 0 radical (unpaired) electrons. The Bertz CT molecular complexity index is 583. The fraction of sp³-hybridized carbons (Fsp3) is 0.235. The molecule has 0 spiro atoms. The predicted molar refractivity (Wildman–Crippen MR) is 89.0 cm³/mol. The zero-order chi connectivity index (χ0) is 14.5. The minimum absolute atomic E-state index is 0.994. The number of para-hydroxylation sites is 1. The average Bonchev–Trinajstić information content (AvgIpc) is 2.42. The summed E-state index contributed by atoms with van der Waals surface area (Å²) < 4.78 is 0. The van der Waals surface area contributed by atoms with Crippen molar-refractivity contribution in [2.75, 3.05) is 14.1 Å². The van der Waals surface area contributed by atoms with Crippen molar-refractivity contribution >= 4 is 22.6 Å². The first-order valence-corrected chi connectivity index (χ1v) is 7.44. The van der Waals surface area contributed by atoms with Crippen LogP contribution in [0.5, 0.6) is 0 Å². The molecule has 0 aliphatic heterocycles. The van der Waals surface area contributed by atoms with Gasteiger partial charge in [0.15, 0.2) is 5.17 Å². The van der Waals surface area contributed by atoms with Crippen LogP contribution in [0.25, 0.3) is 0 Å². The molecule has 0 fully saturated rings. The zero-order valence-electron chi connectivity index (χ0n) is 12.4. The molecule has 2 aromatic carbocycles. The van der Waals surface area contributed by atoms with Crippen molar-refractivity contribution in [2.24, 2.45) is 4.99 Å². The summed E-state index contributed by atoms with van der Waals surface area (Å²) in [6.45, 7) is 4.21. The molecule has 0 atom stereocenters. The number of hydrogen-bond donors (Lipinski definition) is 0. The third kappa shape index (κ3) is 3.64. The highest BCUT2D eigenvalue weighted by atomic mass is 32.2. The van der Waals surface area contributed by atoms with Gasteiger partial charge >= 0.3 is 0 Å². The van der Waals surface area contributed by atoms with Crippen LogP contribution in [-0.4, -0.2) is 24.2 Å². The van der Waals surface area contributed by atoms with Gasteiger partial charge in [-0.15, -0.1) is 0 Å². The summed E-state index contributed by atoms with van der Waals surface area (Å²) >= 11 is 1.68. The molecule has 2 rings (SSSR count). The summed E-state index contributed by atoms with van der Waals surface area (Å²) in [6.07, 6.45) is 0. The number of rotatable bonds is 2. The van der Waals surface area contributed by atoms with E-state index in [4.69, 9.17) is 4.99 Å². The van der Waals surface area contributed by atoms with Crippen molar-refractivity contribution in [3.63, 3.8) is 0 Å². The number of benzene rings is 2. The third-order valence-electron chi connectivity index (χ3n) is 2.98. The lowest BCUT2D eigenvalue weighted by atomic mass is 10.1. The van der Waals surface area contributed by atoms with Crippen LogP contribution in [0.15, 0.2) is 58.4 Å². The molecule has 0 saturated carbocycles. The molecule has 0 aliphatic rings. The van der Waals surface area contributed by atoms with E-state index in [1.807, 2.05) is 20.2 Å². The van der Waals surface area contributed by atoms with E-state index in [0.29, 0.717) is 0 Å². The molecule has 104 valence electrons. The van der Waals surface area contributed by atoms with Crippen molar-refractivity contribution in [1.29, 1.82) is 0 Å². The van der Waals surface area contributed by atoms with Gasteiger partial charge in [0.25, 0.3) is 0 Å². The van der Waals surface area contributed by atoms with E-state index >= 15 is 0 Å². The van der Waals surface area contributed by atoms with E-state index < -0.39 is 0 Å². The van der Waals surface area contributed by atoms with Crippen molar-refractivity contribution in [3.05, 3.63) is 59.7 Å². The van der Waals surface area contributed by atoms with Crippen molar-refractivity contribution in [1.82, 2.24) is 4.90 Å². The first-order chi connectivity index (χ1) is 9.58. The molecule has 3 heteroatoms. The Hall–Kier alpha value is -1.74. The summed E-state index contributed by atoms with van der Waals surface area (Å²) in [6, 6.07) is 16.6. The Balaban J connectivity index is 2.36. The average molecular weight is 284 g/mol. The molecule has 0 saturated heterocycles. The SMILES string of the molecule is Cc1cccc(C)c1N=C(Sc1ccccc1)N(C)C. The van der Waals surface area contributed by atoms with E-state index in [2.05, 4.69) is 61.2 Å². The van der Waals surface area contributed by atoms with Gasteiger partial charge in [-0.2, -0.15) is 0 Å². The van der Waals surface area contributed by atoms with Crippen molar-refractivity contribution in [2.45, 2.75) is 18.7 Å². The molecule has 0 aromatic heterocycles. The first-order valence-electron chi connectivity index (χ1n) is 6.63. The largest absolute Gasteiger partial charge is 0.357 e. The van der Waals surface area contributed by atoms with Crippen LogP contribution in [0.4, 0.5) is 5.69 Å². The first kappa shape index (κ1) is 14.7. The molecule has 20 heavy (non-hydrogen) atoms. The quantitative estimate of drug-likeness (QED) is 0.453. The standard InChI is InChI=1S/C17H20N2S/c1-13-9-8-10-14(2)16(13)18-17(19(3)4)20-15-11-6-5-7-12-15/h5-12H,1-4H3. The second kappa shape index (κ2) is 6.62. The van der Waals surface area contributed by atoms with Gasteiger partial charge in [0.1, 0.15) is 0 Å². The highest BCUT2D eigenvalue weighted by Gasteiger charge is 2.08. The molecule has 0 amide bonds. The summed E-state index contributed by atoms with van der Waals surface area (Å²) in [7, 11) is 4.06. The molecular formula is C17H20N2S. The number of nitrogens with zero attached hydrogens (tertiary/aromatic N) is 2. The van der Waals surface area contributed by atoms with Gasteiger partial charge in [0.2, 0.25) is 0 Å². The van der Waals surface area contributed by atoms with Crippen LogP contribution in [0.1, 0.15) is 11.1 Å². The third-order valence-corrected chi connectivity index (χ3v) is 4.13. The second-order valence-corrected chi connectivity index (χ2v) is 5.99. The Labute approximate surface area is 125 Å². The van der Waals surface area contributed by atoms with Crippen LogP contribution < -0.4 is 0 Å². The van der Waals surface area contributed by atoms with Gasteiger partial charge < -0.3 is 4.90 Å². The Morgan fingerprint density at radius 1 is 0.900 bits per heavy atom. The maximum absolute atomic E-state index is 4.86. The lowest BCUT2D eigenvalue weighted by Gasteiger charge is -2.16. The molecule has 2 nitrogen and oxygen atoms in total. The summed E-state index contributed by atoms with van der Waals surface area (Å²) in [5.41, 5.74) is 3.48. The molecule has 0 aliphatic carbocycles. The topological polar surface area (TPSA) is 15.6 Å². The van der Waals surface area contributed by atoms with E-state index in [1.165, 1.54) is 16.0 Å². The fourth-order valence-electron chi connectivity index (χ4n) is 1.89. The van der Waals surface area contributed by atoms with Gasteiger partial charge in [-0.3, -0.25) is 0 Å². The lowest BCUT2D eigenvalue weighted by Crippen LogP contribution is -2.18. The van der Waals surface area contributed by atoms with E-state index in [-0.39, 0.29) is 0 Å². The Morgan fingerprint density at radius 2 is 1.50 bits per heavy atom. The maximum Gasteiger partial charge on any atom is 0.168 e. The number of thioether (sulfide) groups is 1. The molecule has 0 unspecified atom stereocenters. The Morgan fingerprint density at radius 3 is 2.05 bits per heavy atom. The summed E-state index contributed by atoms with van der Waals surface area (Å²) in [4.78, 5) is 8.12. The van der Waals surface area contributed by atoms with Gasteiger partial charge in [-0.25, -0.2) is 4.99 Å². The summed E-state index contributed by atoms with van der Waals surface area (Å²) in [5, 5.41) is 0.994. The monoisotopic (exact) mass is 284 g/mol. The van der Waals surface area contributed by atoms with E-state index in [0.717, 1.165) is 10.9 Å². The fourth-order valence-corrected chi connectivity index (χ4v) is 2.71. The lowest BCUT2D eigenvalue weighted by molar-refractivity contribution is 0.636. The highest BCUT2D eigenvalue weighted by molar-refractivity contribution is 8.13. The van der Waals surface area contributed by atoms with Gasteiger partial charge in [0.05, 0.1) is 5.69 Å². The van der Waals surface area contributed by atoms with Crippen molar-refractivity contribution in [3.8, 4) is 0 Å². The van der Waals surface area contributed by atoms with Gasteiger partial charge in [-0.05, 0) is 37.1 Å². The zero-order valence-corrected chi connectivity index (χ0v) is 13.2. The normalized spacial score (nSPS) is 11.5. The van der Waals surface area contributed by atoms with Gasteiger partial charge in [0, 0.05) is 19.0 Å². The minimum Gasteiger partial charge on any atom is -0.357 e. The molecule has 0 bridgehead atoms. The highest BCUT2D eigenvalue weighted by Crippen LogP contribution is 2.27. The molecular weight excluding hydrogens is 264 g/mol. The number of amidine groups is 1. The smallest absolute Gasteiger partial charge is 0.168 e. The second-order valence-electron chi connectivity index (χ2n) is 4.94. The Kier molecular flexibility index (Phi) is 4.85. The van der Waals surface area contributed by atoms with E-state index in [9.17, 15) is 0 Å². The van der Waals surface area contributed by atoms with Crippen LogP contribution in [0.2, 0.25) is 0 Å². The van der Waals surface area contributed by atoms with Crippen LogP contribution in [0.3, 0.4) is 0 Å². The van der Waals surface area contributed by atoms with E-state index in [1.54, 1.807) is 11.8 Å².